The molecule has 0 spiro atoms. The van der Waals surface area contributed by atoms with Crippen molar-refractivity contribution in [2.24, 2.45) is 10.2 Å². The fraction of sp³-hybridized carbons (Fsp3) is 0.250. The molecule has 0 aliphatic carbocycles. The van der Waals surface area contributed by atoms with Crippen LogP contribution < -0.4 is 0 Å². The van der Waals surface area contributed by atoms with E-state index in [0.29, 0.717) is 10.0 Å². The number of nitrogens with zero attached hydrogens (tertiary/aromatic N) is 2. The number of rotatable bonds is 6. The third-order valence-electron chi connectivity index (χ3n) is 2.62. The first-order chi connectivity index (χ1) is 10.6. The van der Waals surface area contributed by atoms with Crippen LogP contribution in [0.2, 0.25) is 10.0 Å². The molecule has 0 fully saturated rings. The summed E-state index contributed by atoms with van der Waals surface area (Å²) < 4.78 is 0. The predicted molar refractivity (Wildman–Crippen MR) is 99.9 cm³/mol. The quantitative estimate of drug-likeness (QED) is 0.385. The summed E-state index contributed by atoms with van der Waals surface area (Å²) in [5.74, 6) is 1.98. The summed E-state index contributed by atoms with van der Waals surface area (Å²) in [6, 6.07) is 11.4. The molecule has 0 amide bonds. The van der Waals surface area contributed by atoms with Gasteiger partial charge in [-0.1, -0.05) is 37.0 Å². The standard InChI is InChI=1S/C16H16Cl2N2S2/c1-3-21-15-7-11(17)5-13(9-15)19-20-14-6-12(18)8-16(10-14)22-4-2/h5-10H,3-4H2,1-2H3. The van der Waals surface area contributed by atoms with Crippen molar-refractivity contribution < 1.29 is 0 Å². The molecular formula is C16H16Cl2N2S2. The second kappa shape index (κ2) is 8.82. The molecule has 0 radical (unpaired) electrons. The Kier molecular flexibility index (Phi) is 7.09. The lowest BCUT2D eigenvalue weighted by Crippen LogP contribution is -1.75. The molecule has 116 valence electrons. The number of azo groups is 1. The minimum atomic E-state index is 0.667. The van der Waals surface area contributed by atoms with Crippen molar-refractivity contribution in [2.45, 2.75) is 23.6 Å². The first kappa shape index (κ1) is 17.7. The molecule has 0 heterocycles. The van der Waals surface area contributed by atoms with Crippen molar-refractivity contribution in [3.8, 4) is 0 Å². The lowest BCUT2D eigenvalue weighted by atomic mass is 10.3. The second-order valence-corrected chi connectivity index (χ2v) is 7.90. The Hall–Kier alpha value is -0.680. The third-order valence-corrected chi connectivity index (χ3v) is 4.77. The van der Waals surface area contributed by atoms with Gasteiger partial charge in [-0.05, 0) is 47.9 Å². The highest BCUT2D eigenvalue weighted by Gasteiger charge is 2.01. The van der Waals surface area contributed by atoms with Crippen LogP contribution in [-0.4, -0.2) is 11.5 Å². The molecule has 0 aromatic heterocycles. The van der Waals surface area contributed by atoms with E-state index in [9.17, 15) is 0 Å². The van der Waals surface area contributed by atoms with Gasteiger partial charge in [-0.15, -0.1) is 23.5 Å². The van der Waals surface area contributed by atoms with E-state index in [1.165, 1.54) is 0 Å². The van der Waals surface area contributed by atoms with Gasteiger partial charge in [0.15, 0.2) is 0 Å². The van der Waals surface area contributed by atoms with E-state index < -0.39 is 0 Å². The predicted octanol–water partition coefficient (Wildman–Crippen LogP) is 7.63. The fourth-order valence-electron chi connectivity index (χ4n) is 1.83. The van der Waals surface area contributed by atoms with E-state index in [2.05, 4.69) is 24.1 Å². The number of hydrogen-bond donors (Lipinski definition) is 0. The number of halogens is 2. The highest BCUT2D eigenvalue weighted by atomic mass is 35.5. The monoisotopic (exact) mass is 370 g/mol. The summed E-state index contributed by atoms with van der Waals surface area (Å²) in [4.78, 5) is 2.19. The lowest BCUT2D eigenvalue weighted by molar-refractivity contribution is 1.21. The van der Waals surface area contributed by atoms with Crippen LogP contribution >= 0.6 is 46.7 Å². The number of hydrogen-bond acceptors (Lipinski definition) is 4. The lowest BCUT2D eigenvalue weighted by Gasteiger charge is -2.03. The summed E-state index contributed by atoms with van der Waals surface area (Å²) in [5, 5.41) is 9.90. The van der Waals surface area contributed by atoms with E-state index in [1.807, 2.05) is 24.3 Å². The van der Waals surface area contributed by atoms with Gasteiger partial charge in [0, 0.05) is 19.8 Å². The van der Waals surface area contributed by atoms with Crippen LogP contribution in [0.4, 0.5) is 11.4 Å². The Morgan fingerprint density at radius 3 is 1.50 bits per heavy atom. The van der Waals surface area contributed by atoms with Crippen LogP contribution in [0.25, 0.3) is 0 Å². The molecule has 0 bridgehead atoms. The van der Waals surface area contributed by atoms with Crippen LogP contribution in [0.3, 0.4) is 0 Å². The first-order valence-corrected chi connectivity index (χ1v) is 9.62. The van der Waals surface area contributed by atoms with Gasteiger partial charge in [-0.25, -0.2) is 0 Å². The van der Waals surface area contributed by atoms with Crippen LogP contribution in [0.5, 0.6) is 0 Å². The smallest absolute Gasteiger partial charge is 0.0883 e. The first-order valence-electron chi connectivity index (χ1n) is 6.89. The summed E-state index contributed by atoms with van der Waals surface area (Å²) in [6.45, 7) is 4.21. The average Bonchev–Trinajstić information content (AvgIpc) is 2.45. The summed E-state index contributed by atoms with van der Waals surface area (Å²) in [6.07, 6.45) is 0. The summed E-state index contributed by atoms with van der Waals surface area (Å²) in [5.41, 5.74) is 1.49. The minimum absolute atomic E-state index is 0.667. The molecule has 0 atom stereocenters. The zero-order chi connectivity index (χ0) is 15.9. The molecule has 0 N–H and O–H groups in total. The molecule has 0 aliphatic rings. The molecule has 0 saturated carbocycles. The Bertz CT molecular complexity index is 618. The molecule has 0 unspecified atom stereocenters. The number of thioether (sulfide) groups is 2. The van der Waals surface area contributed by atoms with Gasteiger partial charge in [0.05, 0.1) is 11.4 Å². The Balaban J connectivity index is 2.24. The van der Waals surface area contributed by atoms with Gasteiger partial charge in [0.1, 0.15) is 0 Å². The van der Waals surface area contributed by atoms with Crippen molar-refractivity contribution in [3.63, 3.8) is 0 Å². The SMILES string of the molecule is CCSc1cc(Cl)cc(N=Nc2cc(Cl)cc(SCC)c2)c1. The van der Waals surface area contributed by atoms with Crippen LogP contribution in [0.1, 0.15) is 13.8 Å². The average molecular weight is 371 g/mol. The Morgan fingerprint density at radius 1 is 0.727 bits per heavy atom. The second-order valence-electron chi connectivity index (χ2n) is 4.36. The number of benzene rings is 2. The molecule has 2 aromatic carbocycles. The van der Waals surface area contributed by atoms with E-state index in [-0.39, 0.29) is 0 Å². The van der Waals surface area contributed by atoms with Gasteiger partial charge >= 0.3 is 0 Å². The largest absolute Gasteiger partial charge is 0.150 e. The molecule has 2 aromatic rings. The van der Waals surface area contributed by atoms with Gasteiger partial charge in [-0.2, -0.15) is 10.2 Å². The Labute approximate surface area is 149 Å². The van der Waals surface area contributed by atoms with Gasteiger partial charge < -0.3 is 0 Å². The van der Waals surface area contributed by atoms with Crippen LogP contribution in [0.15, 0.2) is 56.4 Å². The zero-order valence-electron chi connectivity index (χ0n) is 12.3. The normalized spacial score (nSPS) is 11.3. The highest BCUT2D eigenvalue weighted by Crippen LogP contribution is 2.31. The van der Waals surface area contributed by atoms with Gasteiger partial charge in [0.2, 0.25) is 0 Å². The molecular weight excluding hydrogens is 355 g/mol. The van der Waals surface area contributed by atoms with Crippen molar-refractivity contribution in [1.29, 1.82) is 0 Å². The minimum Gasteiger partial charge on any atom is -0.150 e. The van der Waals surface area contributed by atoms with E-state index in [1.54, 1.807) is 35.7 Å². The molecule has 2 nitrogen and oxygen atoms in total. The molecule has 0 aliphatic heterocycles. The van der Waals surface area contributed by atoms with E-state index in [4.69, 9.17) is 23.2 Å². The molecule has 0 saturated heterocycles. The summed E-state index contributed by atoms with van der Waals surface area (Å²) >= 11 is 15.7. The maximum Gasteiger partial charge on any atom is 0.0883 e. The maximum absolute atomic E-state index is 6.12. The topological polar surface area (TPSA) is 24.7 Å². The van der Waals surface area contributed by atoms with Crippen LogP contribution in [0, 0.1) is 0 Å². The van der Waals surface area contributed by atoms with E-state index >= 15 is 0 Å². The third kappa shape index (κ3) is 5.51. The molecule has 6 heteroatoms. The van der Waals surface area contributed by atoms with Crippen molar-refractivity contribution in [1.82, 2.24) is 0 Å². The fourth-order valence-corrected chi connectivity index (χ4v) is 3.91. The van der Waals surface area contributed by atoms with Gasteiger partial charge in [0.25, 0.3) is 0 Å². The van der Waals surface area contributed by atoms with E-state index in [0.717, 1.165) is 32.7 Å². The van der Waals surface area contributed by atoms with Gasteiger partial charge in [-0.3, -0.25) is 0 Å². The maximum atomic E-state index is 6.12. The molecule has 22 heavy (non-hydrogen) atoms. The molecule has 2 rings (SSSR count). The van der Waals surface area contributed by atoms with Crippen LogP contribution in [-0.2, 0) is 0 Å². The van der Waals surface area contributed by atoms with Crippen molar-refractivity contribution >= 4 is 58.1 Å². The van der Waals surface area contributed by atoms with Crippen molar-refractivity contribution in [2.75, 3.05) is 11.5 Å². The summed E-state index contributed by atoms with van der Waals surface area (Å²) in [7, 11) is 0. The highest BCUT2D eigenvalue weighted by molar-refractivity contribution is 7.99. The Morgan fingerprint density at radius 2 is 1.14 bits per heavy atom. The zero-order valence-corrected chi connectivity index (χ0v) is 15.5. The van der Waals surface area contributed by atoms with Crippen molar-refractivity contribution in [3.05, 3.63) is 46.4 Å².